The van der Waals surface area contributed by atoms with Gasteiger partial charge in [-0.05, 0) is 24.6 Å². The van der Waals surface area contributed by atoms with E-state index in [-0.39, 0.29) is 6.61 Å². The van der Waals surface area contributed by atoms with Crippen LogP contribution in [0.25, 0.3) is 56.0 Å². The van der Waals surface area contributed by atoms with Crippen LogP contribution in [-0.2, 0) is 13.7 Å². The van der Waals surface area contributed by atoms with Crippen molar-refractivity contribution < 1.29 is 5.11 Å². The van der Waals surface area contributed by atoms with Gasteiger partial charge in [-0.25, -0.2) is 9.97 Å². The fourth-order valence-corrected chi connectivity index (χ4v) is 4.15. The Morgan fingerprint density at radius 1 is 1.00 bits per heavy atom. The summed E-state index contributed by atoms with van der Waals surface area (Å²) < 4.78 is 1.67. The second-order valence-corrected chi connectivity index (χ2v) is 8.02. The average Bonchev–Trinajstić information content (AvgIpc) is 3.53. The van der Waals surface area contributed by atoms with E-state index >= 15 is 0 Å². The summed E-state index contributed by atoms with van der Waals surface area (Å²) >= 11 is 0. The minimum absolute atomic E-state index is 0.160. The molecular weight excluding hydrogens is 416 g/mol. The predicted molar refractivity (Wildman–Crippen MR) is 125 cm³/mol. The molecule has 9 nitrogen and oxygen atoms in total. The maximum Gasteiger partial charge on any atom is 0.161 e. The fourth-order valence-electron chi connectivity index (χ4n) is 4.15. The molecule has 0 unspecified atom stereocenters. The van der Waals surface area contributed by atoms with E-state index in [1.807, 2.05) is 37.6 Å². The highest BCUT2D eigenvalue weighted by Gasteiger charge is 2.18. The van der Waals surface area contributed by atoms with Crippen LogP contribution in [-0.4, -0.2) is 45.0 Å². The van der Waals surface area contributed by atoms with E-state index in [9.17, 15) is 5.11 Å². The minimum Gasteiger partial charge on any atom is -0.390 e. The molecule has 0 aliphatic rings. The summed E-state index contributed by atoms with van der Waals surface area (Å²) in [6.07, 6.45) is 5.45. The van der Waals surface area contributed by atoms with E-state index in [0.29, 0.717) is 28.4 Å². The number of H-pyrrole nitrogens is 2. The van der Waals surface area contributed by atoms with Crippen molar-refractivity contribution in [1.29, 1.82) is 0 Å². The van der Waals surface area contributed by atoms with Gasteiger partial charge in [-0.3, -0.25) is 14.8 Å². The molecule has 162 valence electrons. The van der Waals surface area contributed by atoms with Gasteiger partial charge < -0.3 is 10.1 Å². The number of aliphatic hydroxyl groups is 1. The van der Waals surface area contributed by atoms with Gasteiger partial charge in [0.05, 0.1) is 40.7 Å². The molecular formula is C24H20N8O. The van der Waals surface area contributed by atoms with E-state index in [1.165, 1.54) is 5.56 Å². The van der Waals surface area contributed by atoms with E-state index in [2.05, 4.69) is 50.4 Å². The van der Waals surface area contributed by atoms with Crippen LogP contribution in [0, 0.1) is 6.92 Å². The molecule has 0 atom stereocenters. The fraction of sp³-hybridized carbons (Fsp3) is 0.125. The first-order valence-electron chi connectivity index (χ1n) is 10.5. The second-order valence-electron chi connectivity index (χ2n) is 8.02. The Balaban J connectivity index is 1.51. The Kier molecular flexibility index (Phi) is 4.30. The standard InChI is InChI=1S/C24H20N8O/c1-13-4-3-5-14(8-13)15-9-25-10-19-21(15)28-24(27-19)23-22-18(29-30-23)7-6-17(26-22)16-11-32(2)31-20(16)12-33/h3-11,33H,12H2,1-2H3,(H,27,28)(H,29,30). The van der Waals surface area contributed by atoms with Crippen LogP contribution in [0.2, 0.25) is 0 Å². The van der Waals surface area contributed by atoms with Crippen molar-refractivity contribution in [3.05, 3.63) is 66.2 Å². The van der Waals surface area contributed by atoms with Crippen molar-refractivity contribution >= 4 is 22.1 Å². The highest BCUT2D eigenvalue weighted by atomic mass is 16.3. The largest absolute Gasteiger partial charge is 0.390 e. The zero-order valence-corrected chi connectivity index (χ0v) is 18.0. The molecule has 0 radical (unpaired) electrons. The van der Waals surface area contributed by atoms with Crippen LogP contribution in [0.3, 0.4) is 0 Å². The van der Waals surface area contributed by atoms with E-state index in [4.69, 9.17) is 9.97 Å². The van der Waals surface area contributed by atoms with Gasteiger partial charge in [0, 0.05) is 30.6 Å². The number of hydrogen-bond donors (Lipinski definition) is 3. The number of nitrogens with one attached hydrogen (secondary N) is 2. The van der Waals surface area contributed by atoms with Crippen LogP contribution >= 0.6 is 0 Å². The first-order valence-corrected chi connectivity index (χ1v) is 10.5. The van der Waals surface area contributed by atoms with Gasteiger partial charge in [-0.1, -0.05) is 29.8 Å². The molecule has 6 rings (SSSR count). The lowest BCUT2D eigenvalue weighted by Crippen LogP contribution is -1.92. The number of benzene rings is 1. The van der Waals surface area contributed by atoms with Crippen LogP contribution in [0.5, 0.6) is 0 Å². The lowest BCUT2D eigenvalue weighted by molar-refractivity contribution is 0.276. The van der Waals surface area contributed by atoms with Gasteiger partial charge in [-0.15, -0.1) is 0 Å². The van der Waals surface area contributed by atoms with Crippen molar-refractivity contribution in [2.75, 3.05) is 0 Å². The molecule has 0 amide bonds. The first kappa shape index (κ1) is 19.3. The third kappa shape index (κ3) is 3.17. The van der Waals surface area contributed by atoms with Crippen molar-refractivity contribution in [2.24, 2.45) is 7.05 Å². The second kappa shape index (κ2) is 7.35. The molecule has 0 aliphatic carbocycles. The van der Waals surface area contributed by atoms with Gasteiger partial charge in [0.25, 0.3) is 0 Å². The zero-order valence-electron chi connectivity index (χ0n) is 18.0. The molecule has 0 fully saturated rings. The highest BCUT2D eigenvalue weighted by Crippen LogP contribution is 2.32. The number of hydrogen-bond acceptors (Lipinski definition) is 6. The highest BCUT2D eigenvalue weighted by molar-refractivity contribution is 5.95. The first-order chi connectivity index (χ1) is 16.1. The number of aryl methyl sites for hydroxylation is 2. The van der Waals surface area contributed by atoms with Crippen molar-refractivity contribution in [3.8, 4) is 33.9 Å². The van der Waals surface area contributed by atoms with E-state index in [0.717, 1.165) is 33.2 Å². The van der Waals surface area contributed by atoms with Gasteiger partial charge in [0.1, 0.15) is 5.52 Å². The molecule has 0 spiro atoms. The smallest absolute Gasteiger partial charge is 0.161 e. The minimum atomic E-state index is -0.160. The molecule has 0 aliphatic heterocycles. The van der Waals surface area contributed by atoms with E-state index in [1.54, 1.807) is 10.9 Å². The summed E-state index contributed by atoms with van der Waals surface area (Å²) in [5, 5.41) is 21.5. The van der Waals surface area contributed by atoms with Crippen molar-refractivity contribution in [1.82, 2.24) is 39.9 Å². The summed E-state index contributed by atoms with van der Waals surface area (Å²) in [4.78, 5) is 17.5. The van der Waals surface area contributed by atoms with Crippen LogP contribution in [0.4, 0.5) is 0 Å². The monoisotopic (exact) mass is 436 g/mol. The summed E-state index contributed by atoms with van der Waals surface area (Å²) in [6.45, 7) is 1.91. The Bertz CT molecular complexity index is 1640. The van der Waals surface area contributed by atoms with Crippen molar-refractivity contribution in [3.63, 3.8) is 0 Å². The molecule has 3 N–H and O–H groups in total. The Labute approximate surface area is 188 Å². The molecule has 5 aromatic heterocycles. The zero-order chi connectivity index (χ0) is 22.5. The topological polar surface area (TPSA) is 121 Å². The number of aliphatic hydroxyl groups excluding tert-OH is 1. The van der Waals surface area contributed by atoms with Crippen LogP contribution < -0.4 is 0 Å². The normalized spacial score (nSPS) is 11.6. The third-order valence-corrected chi connectivity index (χ3v) is 5.69. The number of aromatic nitrogens is 8. The molecule has 1 aromatic carbocycles. The number of aromatic amines is 2. The number of imidazole rings is 1. The summed E-state index contributed by atoms with van der Waals surface area (Å²) in [5.41, 5.74) is 9.00. The van der Waals surface area contributed by atoms with Crippen molar-refractivity contribution in [2.45, 2.75) is 13.5 Å². The Morgan fingerprint density at radius 3 is 2.76 bits per heavy atom. The molecule has 0 saturated heterocycles. The average molecular weight is 436 g/mol. The molecule has 33 heavy (non-hydrogen) atoms. The molecule has 5 heterocycles. The predicted octanol–water partition coefficient (Wildman–Crippen LogP) is 3.76. The van der Waals surface area contributed by atoms with Crippen LogP contribution in [0.1, 0.15) is 11.3 Å². The quantitative estimate of drug-likeness (QED) is 0.387. The molecule has 0 saturated carbocycles. The lowest BCUT2D eigenvalue weighted by atomic mass is 10.0. The Morgan fingerprint density at radius 2 is 1.91 bits per heavy atom. The number of nitrogens with zero attached hydrogens (tertiary/aromatic N) is 6. The van der Waals surface area contributed by atoms with Gasteiger partial charge in [0.15, 0.2) is 11.5 Å². The number of pyridine rings is 2. The SMILES string of the molecule is Cc1cccc(-c2cncc3[nH]c(-c4n[nH]c5ccc(-c6cn(C)nc6CO)nc45)nc23)c1. The van der Waals surface area contributed by atoms with Gasteiger partial charge in [-0.2, -0.15) is 10.2 Å². The maximum atomic E-state index is 9.67. The maximum absolute atomic E-state index is 9.67. The van der Waals surface area contributed by atoms with Gasteiger partial charge >= 0.3 is 0 Å². The number of rotatable bonds is 4. The van der Waals surface area contributed by atoms with Gasteiger partial charge in [0.2, 0.25) is 0 Å². The van der Waals surface area contributed by atoms with E-state index < -0.39 is 0 Å². The van der Waals surface area contributed by atoms with Crippen LogP contribution in [0.15, 0.2) is 55.0 Å². The third-order valence-electron chi connectivity index (χ3n) is 5.69. The molecule has 9 heteroatoms. The lowest BCUT2D eigenvalue weighted by Gasteiger charge is -2.03. The molecule has 0 bridgehead atoms. The number of fused-ring (bicyclic) bond motifs is 2. The Hall–Kier alpha value is -4.37. The summed E-state index contributed by atoms with van der Waals surface area (Å²) in [5.74, 6) is 0.608. The summed E-state index contributed by atoms with van der Waals surface area (Å²) in [6, 6.07) is 12.1. The molecule has 6 aromatic rings. The summed E-state index contributed by atoms with van der Waals surface area (Å²) in [7, 11) is 1.82.